The lowest BCUT2D eigenvalue weighted by molar-refractivity contribution is -0.148. The van der Waals surface area contributed by atoms with Gasteiger partial charge in [0.25, 0.3) is 0 Å². The Morgan fingerprint density at radius 1 is 1.28 bits per heavy atom. The predicted molar refractivity (Wildman–Crippen MR) is 83.5 cm³/mol. The molecular weight excluding hydrogens is 363 g/mol. The highest BCUT2D eigenvalue weighted by molar-refractivity contribution is 6.30. The van der Waals surface area contributed by atoms with Crippen molar-refractivity contribution in [3.63, 3.8) is 0 Å². The van der Waals surface area contributed by atoms with Crippen LogP contribution in [0.4, 0.5) is 13.2 Å². The van der Waals surface area contributed by atoms with Crippen LogP contribution in [-0.4, -0.2) is 29.3 Å². The first-order valence-electron chi connectivity index (χ1n) is 6.95. The summed E-state index contributed by atoms with van der Waals surface area (Å²) < 4.78 is 47.9. The average Bonchev–Trinajstić information content (AvgIpc) is 2.54. The molecule has 5 nitrogen and oxygen atoms in total. The molecule has 0 amide bonds. The number of phenolic OH excluding ortho intramolecular Hbond substituents is 1. The summed E-state index contributed by atoms with van der Waals surface area (Å²) in [6, 6.07) is 6.01. The first kappa shape index (κ1) is 18.9. The fourth-order valence-electron chi connectivity index (χ4n) is 1.99. The monoisotopic (exact) mass is 375 g/mol. The first-order valence-corrected chi connectivity index (χ1v) is 7.33. The number of ether oxygens (including phenoxy) is 2. The van der Waals surface area contributed by atoms with E-state index in [1.165, 1.54) is 32.2 Å². The molecule has 1 unspecified atom stereocenters. The van der Waals surface area contributed by atoms with E-state index >= 15 is 0 Å². The standard InChI is InChI=1S/C16H13ClF3NO4/c1-8(15(23)24-2)25-13-6-3-9(7-12(13)22)11-5-4-10(14(17)21-11)16(18,19)20/h3-8,22H,1-2H3. The molecule has 2 rings (SSSR count). The molecule has 0 radical (unpaired) electrons. The number of aromatic nitrogens is 1. The van der Waals surface area contributed by atoms with Gasteiger partial charge in [0.1, 0.15) is 5.15 Å². The van der Waals surface area contributed by atoms with Gasteiger partial charge in [0.05, 0.1) is 18.4 Å². The summed E-state index contributed by atoms with van der Waals surface area (Å²) in [6.45, 7) is 1.44. The maximum absolute atomic E-state index is 12.7. The van der Waals surface area contributed by atoms with Gasteiger partial charge >= 0.3 is 12.1 Å². The molecule has 25 heavy (non-hydrogen) atoms. The van der Waals surface area contributed by atoms with Crippen LogP contribution >= 0.6 is 11.6 Å². The minimum absolute atomic E-state index is 0.0136. The molecule has 0 saturated carbocycles. The summed E-state index contributed by atoms with van der Waals surface area (Å²) in [6.07, 6.45) is -5.55. The third kappa shape index (κ3) is 4.33. The van der Waals surface area contributed by atoms with Crippen molar-refractivity contribution in [3.05, 3.63) is 41.0 Å². The van der Waals surface area contributed by atoms with E-state index in [0.29, 0.717) is 5.56 Å². The number of carbonyl (C=O) groups excluding carboxylic acids is 1. The van der Waals surface area contributed by atoms with E-state index in [1.807, 2.05) is 0 Å². The zero-order valence-corrected chi connectivity index (χ0v) is 13.9. The summed E-state index contributed by atoms with van der Waals surface area (Å²) in [7, 11) is 1.20. The highest BCUT2D eigenvalue weighted by Crippen LogP contribution is 2.36. The molecule has 0 bridgehead atoms. The fourth-order valence-corrected chi connectivity index (χ4v) is 2.25. The molecule has 0 saturated heterocycles. The number of rotatable bonds is 4. The number of aromatic hydroxyl groups is 1. The second-order valence-electron chi connectivity index (χ2n) is 5.00. The Labute approximate surface area is 146 Å². The van der Waals surface area contributed by atoms with Gasteiger partial charge in [-0.2, -0.15) is 13.2 Å². The van der Waals surface area contributed by atoms with E-state index in [4.69, 9.17) is 16.3 Å². The van der Waals surface area contributed by atoms with E-state index in [9.17, 15) is 23.1 Å². The molecule has 0 spiro atoms. The Morgan fingerprint density at radius 2 is 1.96 bits per heavy atom. The lowest BCUT2D eigenvalue weighted by Gasteiger charge is -2.14. The van der Waals surface area contributed by atoms with E-state index < -0.39 is 29.0 Å². The molecule has 1 heterocycles. The van der Waals surface area contributed by atoms with Crippen LogP contribution in [-0.2, 0) is 15.7 Å². The van der Waals surface area contributed by atoms with Gasteiger partial charge in [0.15, 0.2) is 17.6 Å². The number of halogens is 4. The van der Waals surface area contributed by atoms with Crippen LogP contribution in [0.2, 0.25) is 5.15 Å². The molecule has 0 aliphatic heterocycles. The lowest BCUT2D eigenvalue weighted by Crippen LogP contribution is -2.24. The zero-order valence-electron chi connectivity index (χ0n) is 13.1. The van der Waals surface area contributed by atoms with Gasteiger partial charge in [-0.25, -0.2) is 9.78 Å². The first-order chi connectivity index (χ1) is 11.6. The number of pyridine rings is 1. The van der Waals surface area contributed by atoms with Crippen LogP contribution in [0.25, 0.3) is 11.3 Å². The van der Waals surface area contributed by atoms with E-state index in [1.54, 1.807) is 0 Å². The molecule has 0 aliphatic rings. The van der Waals surface area contributed by atoms with Crippen molar-refractivity contribution in [2.45, 2.75) is 19.2 Å². The molecule has 0 aliphatic carbocycles. The summed E-state index contributed by atoms with van der Waals surface area (Å²) in [5.74, 6) is -0.926. The Bertz CT molecular complexity index is 795. The number of benzene rings is 1. The van der Waals surface area contributed by atoms with Gasteiger partial charge in [-0.1, -0.05) is 11.6 Å². The summed E-state index contributed by atoms with van der Waals surface area (Å²) in [4.78, 5) is 15.0. The topological polar surface area (TPSA) is 68.7 Å². The predicted octanol–water partition coefficient (Wildman–Crippen LogP) is 4.07. The van der Waals surface area contributed by atoms with Crippen LogP contribution in [0.1, 0.15) is 12.5 Å². The number of esters is 1. The van der Waals surface area contributed by atoms with Crippen molar-refractivity contribution in [2.24, 2.45) is 0 Å². The molecular formula is C16H13ClF3NO4. The number of methoxy groups -OCH3 is 1. The van der Waals surface area contributed by atoms with Gasteiger partial charge in [-0.3, -0.25) is 0 Å². The Kier molecular flexibility index (Phi) is 5.42. The van der Waals surface area contributed by atoms with Crippen LogP contribution < -0.4 is 4.74 Å². The molecule has 134 valence electrons. The second-order valence-corrected chi connectivity index (χ2v) is 5.36. The van der Waals surface area contributed by atoms with Gasteiger partial charge < -0.3 is 14.6 Å². The van der Waals surface area contributed by atoms with Gasteiger partial charge in [0, 0.05) is 5.56 Å². The summed E-state index contributed by atoms with van der Waals surface area (Å²) >= 11 is 5.58. The van der Waals surface area contributed by atoms with Gasteiger partial charge in [-0.15, -0.1) is 0 Å². The SMILES string of the molecule is COC(=O)C(C)Oc1ccc(-c2ccc(C(F)(F)F)c(Cl)n2)cc1O. The van der Waals surface area contributed by atoms with Gasteiger partial charge in [0.2, 0.25) is 0 Å². The normalized spacial score (nSPS) is 12.6. The quantitative estimate of drug-likeness (QED) is 0.644. The van der Waals surface area contributed by atoms with Crippen molar-refractivity contribution in [2.75, 3.05) is 7.11 Å². The highest BCUT2D eigenvalue weighted by Gasteiger charge is 2.34. The number of hydrogen-bond acceptors (Lipinski definition) is 5. The molecule has 1 aromatic carbocycles. The van der Waals surface area contributed by atoms with E-state index in [-0.39, 0.29) is 17.2 Å². The van der Waals surface area contributed by atoms with Crippen molar-refractivity contribution in [1.82, 2.24) is 4.98 Å². The van der Waals surface area contributed by atoms with Crippen LogP contribution in [0.15, 0.2) is 30.3 Å². The zero-order chi connectivity index (χ0) is 18.8. The molecule has 0 fully saturated rings. The Balaban J connectivity index is 2.29. The number of phenols is 1. The number of carbonyl (C=O) groups is 1. The average molecular weight is 376 g/mol. The lowest BCUT2D eigenvalue weighted by atomic mass is 10.1. The van der Waals surface area contributed by atoms with Crippen molar-refractivity contribution in [1.29, 1.82) is 0 Å². The molecule has 1 atom stereocenters. The van der Waals surface area contributed by atoms with Crippen molar-refractivity contribution < 1.29 is 32.5 Å². The minimum Gasteiger partial charge on any atom is -0.504 e. The number of hydrogen-bond donors (Lipinski definition) is 1. The Morgan fingerprint density at radius 3 is 2.48 bits per heavy atom. The minimum atomic E-state index is -4.60. The van der Waals surface area contributed by atoms with Crippen LogP contribution in [0.3, 0.4) is 0 Å². The van der Waals surface area contributed by atoms with Gasteiger partial charge in [-0.05, 0) is 37.3 Å². The number of alkyl halides is 3. The summed E-state index contributed by atoms with van der Waals surface area (Å²) in [5.41, 5.74) is -0.582. The second kappa shape index (κ2) is 7.18. The maximum atomic E-state index is 12.7. The fraction of sp³-hybridized carbons (Fsp3) is 0.250. The third-order valence-corrected chi connectivity index (χ3v) is 3.53. The summed E-state index contributed by atoms with van der Waals surface area (Å²) in [5, 5.41) is 9.30. The number of nitrogens with zero attached hydrogens (tertiary/aromatic N) is 1. The highest BCUT2D eigenvalue weighted by atomic mass is 35.5. The molecule has 9 heteroatoms. The van der Waals surface area contributed by atoms with Crippen LogP contribution in [0, 0.1) is 0 Å². The molecule has 1 aromatic heterocycles. The maximum Gasteiger partial charge on any atom is 0.419 e. The molecule has 2 aromatic rings. The molecule has 1 N–H and O–H groups in total. The van der Waals surface area contributed by atoms with E-state index in [0.717, 1.165) is 12.1 Å². The van der Waals surface area contributed by atoms with Crippen molar-refractivity contribution in [3.8, 4) is 22.8 Å². The Hall–Kier alpha value is -2.48. The smallest absolute Gasteiger partial charge is 0.419 e. The van der Waals surface area contributed by atoms with Crippen molar-refractivity contribution >= 4 is 17.6 Å². The third-order valence-electron chi connectivity index (χ3n) is 3.25. The van der Waals surface area contributed by atoms with Crippen LogP contribution in [0.5, 0.6) is 11.5 Å². The van der Waals surface area contributed by atoms with E-state index in [2.05, 4.69) is 9.72 Å². The largest absolute Gasteiger partial charge is 0.504 e.